The van der Waals surface area contributed by atoms with E-state index in [2.05, 4.69) is 15.9 Å². The minimum Gasteiger partial charge on any atom is -0.378 e. The number of rotatable bonds is 1. The van der Waals surface area contributed by atoms with Gasteiger partial charge in [0.05, 0.1) is 0 Å². The third-order valence-electron chi connectivity index (χ3n) is 1.02. The molecule has 0 amide bonds. The van der Waals surface area contributed by atoms with Gasteiger partial charge in [0.2, 0.25) is 0 Å². The van der Waals surface area contributed by atoms with Gasteiger partial charge in [-0.15, -0.1) is 0 Å². The topological polar surface area (TPSA) is 49.9 Å². The Balaban J connectivity index is 2.79. The van der Waals surface area contributed by atoms with Gasteiger partial charge in [-0.05, 0) is 18.2 Å². The van der Waals surface area contributed by atoms with Gasteiger partial charge in [-0.2, -0.15) is 0 Å². The summed E-state index contributed by atoms with van der Waals surface area (Å²) in [6.45, 7) is 0. The number of nitrogens with two attached hydrogens (primary N) is 1. The van der Waals surface area contributed by atoms with Crippen molar-refractivity contribution in [2.24, 2.45) is 5.73 Å². The fraction of sp³-hybridized carbons (Fsp3) is 0. The molecule has 4 heteroatoms. The molecule has 0 aliphatic rings. The van der Waals surface area contributed by atoms with Crippen molar-refractivity contribution >= 4 is 32.9 Å². The molecule has 2 nitrogen and oxygen atoms in total. The van der Waals surface area contributed by atoms with Crippen LogP contribution in [-0.2, 0) is 0 Å². The second kappa shape index (κ2) is 3.78. The van der Waals surface area contributed by atoms with Crippen LogP contribution in [0.25, 0.3) is 0 Å². The van der Waals surface area contributed by atoms with Crippen LogP contribution in [0.2, 0.25) is 0 Å². The van der Waals surface area contributed by atoms with Gasteiger partial charge in [0.15, 0.2) is 5.17 Å². The lowest BCUT2D eigenvalue weighted by molar-refractivity contribution is 1.43. The largest absolute Gasteiger partial charge is 0.378 e. The van der Waals surface area contributed by atoms with E-state index in [0.29, 0.717) is 0 Å². The number of thioether (sulfide) groups is 1. The zero-order valence-electron chi connectivity index (χ0n) is 5.67. The fourth-order valence-electron chi connectivity index (χ4n) is 0.657. The Bertz CT molecular complexity index is 275. The van der Waals surface area contributed by atoms with Gasteiger partial charge in [0, 0.05) is 9.37 Å². The van der Waals surface area contributed by atoms with E-state index >= 15 is 0 Å². The molecule has 11 heavy (non-hydrogen) atoms. The molecular weight excluding hydrogens is 224 g/mol. The maximum Gasteiger partial charge on any atom is 0.155 e. The maximum atomic E-state index is 7.03. The highest BCUT2D eigenvalue weighted by Gasteiger charge is 1.95. The van der Waals surface area contributed by atoms with E-state index in [-0.39, 0.29) is 5.17 Å². The molecule has 0 bridgehead atoms. The molecule has 0 heterocycles. The Labute approximate surface area is 77.8 Å². The van der Waals surface area contributed by atoms with Crippen LogP contribution in [0.4, 0.5) is 0 Å². The van der Waals surface area contributed by atoms with Crippen LogP contribution >= 0.6 is 27.7 Å². The Kier molecular flexibility index (Phi) is 2.96. The first-order valence-electron chi connectivity index (χ1n) is 2.96. The number of benzene rings is 1. The van der Waals surface area contributed by atoms with Gasteiger partial charge in [-0.3, -0.25) is 5.41 Å². The summed E-state index contributed by atoms with van der Waals surface area (Å²) < 4.78 is 1.00. The highest BCUT2D eigenvalue weighted by Crippen LogP contribution is 2.20. The molecule has 0 radical (unpaired) electrons. The van der Waals surface area contributed by atoms with E-state index in [1.807, 2.05) is 24.3 Å². The lowest BCUT2D eigenvalue weighted by Gasteiger charge is -1.97. The van der Waals surface area contributed by atoms with Crippen LogP contribution < -0.4 is 5.73 Å². The van der Waals surface area contributed by atoms with Gasteiger partial charge in [0.1, 0.15) is 0 Å². The predicted octanol–water partition coefficient (Wildman–Crippen LogP) is 2.43. The molecular formula is C7H7BrN2S. The van der Waals surface area contributed by atoms with Crippen LogP contribution in [0.5, 0.6) is 0 Å². The van der Waals surface area contributed by atoms with Crippen molar-refractivity contribution in [3.63, 3.8) is 0 Å². The first-order valence-corrected chi connectivity index (χ1v) is 4.57. The molecule has 0 atom stereocenters. The molecule has 0 saturated heterocycles. The number of nitrogens with one attached hydrogen (secondary N) is 1. The van der Waals surface area contributed by atoms with Crippen molar-refractivity contribution < 1.29 is 0 Å². The average Bonchev–Trinajstić information content (AvgIpc) is 1.85. The highest BCUT2D eigenvalue weighted by atomic mass is 79.9. The van der Waals surface area contributed by atoms with Crippen LogP contribution in [0.3, 0.4) is 0 Å². The monoisotopic (exact) mass is 230 g/mol. The third kappa shape index (κ3) is 2.95. The van der Waals surface area contributed by atoms with Crippen LogP contribution in [-0.4, -0.2) is 5.17 Å². The molecule has 0 saturated carbocycles. The molecule has 0 spiro atoms. The first kappa shape index (κ1) is 8.62. The summed E-state index contributed by atoms with van der Waals surface area (Å²) in [5.74, 6) is 0. The molecule has 1 aromatic rings. The first-order chi connectivity index (χ1) is 5.18. The molecule has 0 fully saturated rings. The van der Waals surface area contributed by atoms with Gasteiger partial charge in [0.25, 0.3) is 0 Å². The molecule has 0 aliphatic carbocycles. The van der Waals surface area contributed by atoms with Gasteiger partial charge in [-0.1, -0.05) is 33.8 Å². The number of amidine groups is 1. The lowest BCUT2D eigenvalue weighted by Crippen LogP contribution is -2.02. The Hall–Kier alpha value is -0.480. The van der Waals surface area contributed by atoms with Crippen molar-refractivity contribution in [1.29, 1.82) is 5.41 Å². The van der Waals surface area contributed by atoms with Gasteiger partial charge in [-0.25, -0.2) is 0 Å². The zero-order chi connectivity index (χ0) is 8.27. The van der Waals surface area contributed by atoms with Crippen molar-refractivity contribution in [2.75, 3.05) is 0 Å². The summed E-state index contributed by atoms with van der Waals surface area (Å²) >= 11 is 4.57. The van der Waals surface area contributed by atoms with Crippen molar-refractivity contribution in [3.05, 3.63) is 28.7 Å². The zero-order valence-corrected chi connectivity index (χ0v) is 8.08. The second-order valence-corrected chi connectivity index (χ2v) is 3.95. The summed E-state index contributed by atoms with van der Waals surface area (Å²) in [4.78, 5) is 0.979. The van der Waals surface area contributed by atoms with E-state index in [4.69, 9.17) is 11.1 Å². The summed E-state index contributed by atoms with van der Waals surface area (Å²) in [6, 6.07) is 7.68. The van der Waals surface area contributed by atoms with E-state index in [1.165, 1.54) is 11.8 Å². The van der Waals surface area contributed by atoms with E-state index < -0.39 is 0 Å². The number of hydrogen-bond acceptors (Lipinski definition) is 2. The van der Waals surface area contributed by atoms with E-state index in [9.17, 15) is 0 Å². The summed E-state index contributed by atoms with van der Waals surface area (Å²) in [5.41, 5.74) is 5.21. The average molecular weight is 231 g/mol. The molecule has 1 aromatic carbocycles. The quantitative estimate of drug-likeness (QED) is 0.443. The number of halogens is 1. The molecule has 1 rings (SSSR count). The van der Waals surface area contributed by atoms with Gasteiger partial charge < -0.3 is 5.73 Å². The predicted molar refractivity (Wildman–Crippen MR) is 51.9 cm³/mol. The molecule has 0 aromatic heterocycles. The SMILES string of the molecule is N=C(N)Sc1cccc(Br)c1. The summed E-state index contributed by atoms with van der Waals surface area (Å²) in [5, 5.41) is 7.14. The normalized spacial score (nSPS) is 9.55. The number of hydrogen-bond donors (Lipinski definition) is 2. The van der Waals surface area contributed by atoms with Crippen LogP contribution in [0.1, 0.15) is 0 Å². The Morgan fingerprint density at radius 1 is 1.55 bits per heavy atom. The minimum atomic E-state index is 0.114. The third-order valence-corrected chi connectivity index (χ3v) is 2.23. The summed E-state index contributed by atoms with van der Waals surface area (Å²) in [6.07, 6.45) is 0. The van der Waals surface area contributed by atoms with E-state index in [0.717, 1.165) is 9.37 Å². The standard InChI is InChI=1S/C7H7BrN2S/c8-5-2-1-3-6(4-5)11-7(9)10/h1-4H,(H3,9,10). The second-order valence-electron chi connectivity index (χ2n) is 1.92. The molecule has 0 unspecified atom stereocenters. The smallest absolute Gasteiger partial charge is 0.155 e. The van der Waals surface area contributed by atoms with Crippen molar-refractivity contribution in [1.82, 2.24) is 0 Å². The molecule has 0 aliphatic heterocycles. The van der Waals surface area contributed by atoms with Crippen molar-refractivity contribution in [3.8, 4) is 0 Å². The van der Waals surface area contributed by atoms with E-state index in [1.54, 1.807) is 0 Å². The Morgan fingerprint density at radius 2 is 2.27 bits per heavy atom. The summed E-state index contributed by atoms with van der Waals surface area (Å²) in [7, 11) is 0. The fourth-order valence-corrected chi connectivity index (χ4v) is 1.79. The molecule has 58 valence electrons. The maximum absolute atomic E-state index is 7.03. The van der Waals surface area contributed by atoms with Crippen LogP contribution in [0.15, 0.2) is 33.6 Å². The molecule has 3 N–H and O–H groups in total. The highest BCUT2D eigenvalue weighted by molar-refractivity contribution is 9.10. The lowest BCUT2D eigenvalue weighted by atomic mass is 10.4. The Morgan fingerprint density at radius 3 is 2.82 bits per heavy atom. The van der Waals surface area contributed by atoms with Gasteiger partial charge >= 0.3 is 0 Å². The van der Waals surface area contributed by atoms with Crippen LogP contribution in [0, 0.1) is 5.41 Å². The minimum absolute atomic E-state index is 0.114. The van der Waals surface area contributed by atoms with Crippen molar-refractivity contribution in [2.45, 2.75) is 4.90 Å².